The summed E-state index contributed by atoms with van der Waals surface area (Å²) in [6.07, 6.45) is 7.33. The van der Waals surface area contributed by atoms with E-state index in [0.29, 0.717) is 48.2 Å². The van der Waals surface area contributed by atoms with Crippen molar-refractivity contribution in [2.24, 2.45) is 11.7 Å². The molecule has 192 valence electrons. The van der Waals surface area contributed by atoms with Gasteiger partial charge >= 0.3 is 0 Å². The Labute approximate surface area is 217 Å². The second-order valence-corrected chi connectivity index (χ2v) is 10.2. The first-order chi connectivity index (χ1) is 17.4. The highest BCUT2D eigenvalue weighted by Gasteiger charge is 2.29. The smallest absolute Gasteiger partial charge is 0.224 e. The van der Waals surface area contributed by atoms with E-state index >= 15 is 0 Å². The van der Waals surface area contributed by atoms with E-state index in [0.717, 1.165) is 38.7 Å². The predicted molar refractivity (Wildman–Crippen MR) is 137 cm³/mol. The summed E-state index contributed by atoms with van der Waals surface area (Å²) in [5.41, 5.74) is 7.15. The number of rotatable bonds is 6. The van der Waals surface area contributed by atoms with Crippen molar-refractivity contribution in [2.45, 2.75) is 57.0 Å². The molecule has 1 saturated heterocycles. The molecule has 0 spiro atoms. The van der Waals surface area contributed by atoms with Gasteiger partial charge in [0, 0.05) is 31.2 Å². The van der Waals surface area contributed by atoms with Gasteiger partial charge in [0.1, 0.15) is 11.3 Å². The van der Waals surface area contributed by atoms with Gasteiger partial charge in [-0.05, 0) is 57.1 Å². The van der Waals surface area contributed by atoms with E-state index in [1.807, 2.05) is 4.57 Å². The molecule has 9 nitrogen and oxygen atoms in total. The number of hydrogen-bond acceptors (Lipinski definition) is 7. The van der Waals surface area contributed by atoms with Gasteiger partial charge in [-0.3, -0.25) is 9.36 Å². The first kappa shape index (κ1) is 25.0. The number of hydrogen-bond donors (Lipinski definition) is 3. The van der Waals surface area contributed by atoms with Crippen molar-refractivity contribution >= 4 is 57.9 Å². The highest BCUT2D eigenvalue weighted by atomic mass is 35.5. The number of ether oxygens (including phenoxy) is 1. The minimum absolute atomic E-state index is 0.0140. The summed E-state index contributed by atoms with van der Waals surface area (Å²) in [5, 5.41) is 6.91. The van der Waals surface area contributed by atoms with Gasteiger partial charge in [0.05, 0.1) is 21.9 Å². The Bertz CT molecular complexity index is 1230. The highest BCUT2D eigenvalue weighted by Crippen LogP contribution is 2.39. The molecule has 1 aromatic carbocycles. The van der Waals surface area contributed by atoms with Crippen LogP contribution < -0.4 is 16.4 Å². The molecule has 3 heterocycles. The third-order valence-corrected chi connectivity index (χ3v) is 7.52. The van der Waals surface area contributed by atoms with Crippen molar-refractivity contribution in [2.75, 3.05) is 23.8 Å². The predicted octanol–water partition coefficient (Wildman–Crippen LogP) is 5.21. The molecular formula is C24H28Cl2FN7O2. The van der Waals surface area contributed by atoms with E-state index in [9.17, 15) is 9.18 Å². The van der Waals surface area contributed by atoms with Crippen LogP contribution in [0.15, 0.2) is 18.3 Å². The third kappa shape index (κ3) is 5.35. The normalized spacial score (nSPS) is 22.8. The number of nitrogens with one attached hydrogen (secondary N) is 2. The van der Waals surface area contributed by atoms with Crippen LogP contribution in [0.4, 0.5) is 22.0 Å². The van der Waals surface area contributed by atoms with Gasteiger partial charge in [0.15, 0.2) is 5.65 Å². The SMILES string of the molecule is NC(=O)C1CCC(n2c(Nc3c(Cl)cc(F)cc3Cl)nc3cnc(NC4CCCOCC4)nc32)CC1. The van der Waals surface area contributed by atoms with Crippen LogP contribution in [-0.4, -0.2) is 44.7 Å². The number of carbonyl (C=O) groups is 1. The van der Waals surface area contributed by atoms with Crippen LogP contribution in [0.1, 0.15) is 51.0 Å². The molecule has 5 rings (SSSR count). The molecule has 36 heavy (non-hydrogen) atoms. The molecule has 1 aliphatic carbocycles. The fourth-order valence-corrected chi connectivity index (χ4v) is 5.57. The fraction of sp³-hybridized carbons (Fsp3) is 0.500. The molecule has 2 aromatic heterocycles. The molecule has 2 aliphatic rings. The van der Waals surface area contributed by atoms with E-state index in [4.69, 9.17) is 43.6 Å². The summed E-state index contributed by atoms with van der Waals surface area (Å²) in [4.78, 5) is 25.8. The molecule has 1 amide bonds. The zero-order chi connectivity index (χ0) is 25.2. The number of halogens is 3. The molecule has 4 N–H and O–H groups in total. The average Bonchev–Trinajstić information content (AvgIpc) is 2.99. The Kier molecular flexibility index (Phi) is 7.45. The van der Waals surface area contributed by atoms with Gasteiger partial charge in [-0.2, -0.15) is 4.98 Å². The number of carbonyl (C=O) groups excluding carboxylic acids is 1. The van der Waals surface area contributed by atoms with E-state index in [1.165, 1.54) is 12.1 Å². The summed E-state index contributed by atoms with van der Waals surface area (Å²) in [7, 11) is 0. The average molecular weight is 536 g/mol. The molecule has 3 aromatic rings. The zero-order valence-corrected chi connectivity index (χ0v) is 21.2. The summed E-state index contributed by atoms with van der Waals surface area (Å²) < 4.78 is 21.3. The van der Waals surface area contributed by atoms with E-state index in [2.05, 4.69) is 15.6 Å². The largest absolute Gasteiger partial charge is 0.381 e. The number of aromatic nitrogens is 4. The highest BCUT2D eigenvalue weighted by molar-refractivity contribution is 6.39. The molecule has 2 fully saturated rings. The van der Waals surface area contributed by atoms with Crippen molar-refractivity contribution in [3.63, 3.8) is 0 Å². The van der Waals surface area contributed by atoms with Crippen molar-refractivity contribution in [1.29, 1.82) is 0 Å². The number of fused-ring (bicyclic) bond motifs is 1. The third-order valence-electron chi connectivity index (χ3n) is 6.93. The van der Waals surface area contributed by atoms with Gasteiger partial charge in [-0.1, -0.05) is 23.2 Å². The van der Waals surface area contributed by atoms with Gasteiger partial charge < -0.3 is 21.1 Å². The molecule has 1 aliphatic heterocycles. The molecule has 1 unspecified atom stereocenters. The zero-order valence-electron chi connectivity index (χ0n) is 19.6. The number of nitrogens with zero attached hydrogens (tertiary/aromatic N) is 4. The Hall–Kier alpha value is -2.69. The van der Waals surface area contributed by atoms with Crippen LogP contribution in [0.25, 0.3) is 11.2 Å². The lowest BCUT2D eigenvalue weighted by Gasteiger charge is -2.29. The maximum Gasteiger partial charge on any atom is 0.224 e. The minimum atomic E-state index is -0.528. The summed E-state index contributed by atoms with van der Waals surface area (Å²) in [6.45, 7) is 1.47. The second-order valence-electron chi connectivity index (χ2n) is 9.37. The van der Waals surface area contributed by atoms with Gasteiger partial charge in [0.2, 0.25) is 17.8 Å². The van der Waals surface area contributed by atoms with E-state index in [-0.39, 0.29) is 34.0 Å². The topological polar surface area (TPSA) is 120 Å². The van der Waals surface area contributed by atoms with Crippen molar-refractivity contribution < 1.29 is 13.9 Å². The number of amides is 1. The first-order valence-corrected chi connectivity index (χ1v) is 12.9. The monoisotopic (exact) mass is 535 g/mol. The lowest BCUT2D eigenvalue weighted by Crippen LogP contribution is -2.29. The molecule has 0 radical (unpaired) electrons. The maximum atomic E-state index is 13.8. The van der Waals surface area contributed by atoms with Gasteiger partial charge in [0.25, 0.3) is 0 Å². The van der Waals surface area contributed by atoms with Crippen LogP contribution in [0.3, 0.4) is 0 Å². The van der Waals surface area contributed by atoms with Crippen molar-refractivity contribution in [3.05, 3.63) is 34.2 Å². The molecular weight excluding hydrogens is 508 g/mol. The summed E-state index contributed by atoms with van der Waals surface area (Å²) >= 11 is 12.6. The quantitative estimate of drug-likeness (QED) is 0.396. The Morgan fingerprint density at radius 2 is 1.83 bits per heavy atom. The Balaban J connectivity index is 1.51. The van der Waals surface area contributed by atoms with Gasteiger partial charge in [-0.15, -0.1) is 0 Å². The van der Waals surface area contributed by atoms with Gasteiger partial charge in [-0.25, -0.2) is 14.4 Å². The molecule has 1 saturated carbocycles. The maximum absolute atomic E-state index is 13.8. The number of benzene rings is 1. The van der Waals surface area contributed by atoms with Crippen molar-refractivity contribution in [1.82, 2.24) is 19.5 Å². The minimum Gasteiger partial charge on any atom is -0.381 e. The lowest BCUT2D eigenvalue weighted by atomic mass is 9.85. The van der Waals surface area contributed by atoms with E-state index < -0.39 is 5.82 Å². The first-order valence-electron chi connectivity index (χ1n) is 12.2. The molecule has 0 bridgehead atoms. The lowest BCUT2D eigenvalue weighted by molar-refractivity contribution is -0.122. The standard InChI is InChI=1S/C24H28Cl2FN7O2/c25-17-10-14(27)11-18(26)20(17)32-24-31-19-12-29-23(30-15-2-1-8-36-9-7-15)33-22(19)34(24)16-5-3-13(4-6-16)21(28)35/h10-13,15-16H,1-9H2,(H2,28,35)(H,31,32)(H,29,30,33). The summed E-state index contributed by atoms with van der Waals surface area (Å²) in [5.74, 6) is 0.0495. The Morgan fingerprint density at radius 3 is 2.56 bits per heavy atom. The Morgan fingerprint density at radius 1 is 1.08 bits per heavy atom. The molecule has 12 heteroatoms. The van der Waals surface area contributed by atoms with Crippen molar-refractivity contribution in [3.8, 4) is 0 Å². The second kappa shape index (κ2) is 10.7. The van der Waals surface area contributed by atoms with Crippen LogP contribution in [0.5, 0.6) is 0 Å². The molecule has 1 atom stereocenters. The van der Waals surface area contributed by atoms with Crippen LogP contribution in [0.2, 0.25) is 10.0 Å². The number of nitrogens with two attached hydrogens (primary N) is 1. The summed E-state index contributed by atoms with van der Waals surface area (Å²) in [6, 6.07) is 2.62. The number of anilines is 3. The van der Waals surface area contributed by atoms with Crippen LogP contribution in [0, 0.1) is 11.7 Å². The van der Waals surface area contributed by atoms with Crippen LogP contribution in [-0.2, 0) is 9.53 Å². The number of imidazole rings is 1. The van der Waals surface area contributed by atoms with Crippen LogP contribution >= 0.6 is 23.2 Å². The fourth-order valence-electron chi connectivity index (χ4n) is 5.02. The number of primary amides is 1. The van der Waals surface area contributed by atoms with E-state index in [1.54, 1.807) is 6.20 Å².